The molecule has 4 nitrogen and oxygen atoms in total. The highest BCUT2D eigenvalue weighted by Gasteiger charge is 2.40. The largest absolute Gasteiger partial charge is 0.381 e. The summed E-state index contributed by atoms with van der Waals surface area (Å²) in [6.07, 6.45) is 6.34. The summed E-state index contributed by atoms with van der Waals surface area (Å²) in [4.78, 5) is 12.3. The third-order valence-corrected chi connectivity index (χ3v) is 4.33. The van der Waals surface area contributed by atoms with Gasteiger partial charge in [0.2, 0.25) is 5.91 Å². The van der Waals surface area contributed by atoms with Crippen LogP contribution in [0, 0.1) is 0 Å². The molecule has 4 heteroatoms. The zero-order chi connectivity index (χ0) is 12.3. The van der Waals surface area contributed by atoms with Crippen LogP contribution in [0.5, 0.6) is 0 Å². The van der Waals surface area contributed by atoms with Crippen LogP contribution in [0.4, 0.5) is 0 Å². The summed E-state index contributed by atoms with van der Waals surface area (Å²) >= 11 is 0. The molecule has 0 aromatic rings. The molecule has 0 bridgehead atoms. The van der Waals surface area contributed by atoms with E-state index in [1.54, 1.807) is 7.11 Å². The number of ether oxygens (including phenoxy) is 1. The molecule has 2 fully saturated rings. The minimum atomic E-state index is -0.300. The van der Waals surface area contributed by atoms with Crippen molar-refractivity contribution in [2.75, 3.05) is 13.7 Å². The monoisotopic (exact) mass is 240 g/mol. The van der Waals surface area contributed by atoms with Gasteiger partial charge in [-0.25, -0.2) is 0 Å². The smallest absolute Gasteiger partial charge is 0.240 e. The topological polar surface area (TPSA) is 50.4 Å². The average Bonchev–Trinajstić information content (AvgIpc) is 2.97. The summed E-state index contributed by atoms with van der Waals surface area (Å²) in [5.74, 6) is 0.194. The molecule has 1 aliphatic carbocycles. The molecule has 1 saturated heterocycles. The normalized spacial score (nSPS) is 37.3. The standard InChI is InChI=1S/C13H24N2O2/c1-3-13(7-4-8-14-13)12(16)15-10-5-6-11(9-10)17-2/h10-11,14H,3-9H2,1-2H3,(H,15,16). The summed E-state index contributed by atoms with van der Waals surface area (Å²) in [5, 5.41) is 6.57. The zero-order valence-electron chi connectivity index (χ0n) is 10.9. The lowest BCUT2D eigenvalue weighted by atomic mass is 9.92. The molecule has 2 rings (SSSR count). The second-order valence-corrected chi connectivity index (χ2v) is 5.31. The van der Waals surface area contributed by atoms with Gasteiger partial charge in [-0.1, -0.05) is 6.92 Å². The molecule has 2 aliphatic rings. The fourth-order valence-corrected chi connectivity index (χ4v) is 3.07. The molecule has 1 saturated carbocycles. The molecule has 3 unspecified atom stereocenters. The summed E-state index contributed by atoms with van der Waals surface area (Å²) in [7, 11) is 1.75. The van der Waals surface area contributed by atoms with E-state index in [1.807, 2.05) is 0 Å². The van der Waals surface area contributed by atoms with Crippen molar-refractivity contribution in [2.45, 2.75) is 63.1 Å². The summed E-state index contributed by atoms with van der Waals surface area (Å²) < 4.78 is 5.33. The molecule has 1 heterocycles. The number of hydrogen-bond donors (Lipinski definition) is 2. The molecule has 0 radical (unpaired) electrons. The minimum absolute atomic E-state index is 0.194. The van der Waals surface area contributed by atoms with Crippen molar-refractivity contribution in [3.63, 3.8) is 0 Å². The van der Waals surface area contributed by atoms with E-state index in [2.05, 4.69) is 17.6 Å². The molecule has 98 valence electrons. The van der Waals surface area contributed by atoms with Crippen molar-refractivity contribution in [3.8, 4) is 0 Å². The van der Waals surface area contributed by atoms with E-state index < -0.39 is 0 Å². The third-order valence-electron chi connectivity index (χ3n) is 4.33. The maximum atomic E-state index is 12.3. The maximum Gasteiger partial charge on any atom is 0.240 e. The van der Waals surface area contributed by atoms with E-state index in [4.69, 9.17) is 4.74 Å². The van der Waals surface area contributed by atoms with Crippen molar-refractivity contribution in [1.29, 1.82) is 0 Å². The van der Waals surface area contributed by atoms with Crippen molar-refractivity contribution < 1.29 is 9.53 Å². The fraction of sp³-hybridized carbons (Fsp3) is 0.923. The van der Waals surface area contributed by atoms with E-state index in [0.29, 0.717) is 12.1 Å². The lowest BCUT2D eigenvalue weighted by molar-refractivity contribution is -0.128. The average molecular weight is 240 g/mol. The Bertz CT molecular complexity index is 275. The first-order chi connectivity index (χ1) is 8.20. The molecule has 1 amide bonds. The van der Waals surface area contributed by atoms with Gasteiger partial charge < -0.3 is 15.4 Å². The predicted octanol–water partition coefficient (Wildman–Crippen LogP) is 1.20. The van der Waals surface area contributed by atoms with Gasteiger partial charge in [0.25, 0.3) is 0 Å². The lowest BCUT2D eigenvalue weighted by Crippen LogP contribution is -2.55. The van der Waals surface area contributed by atoms with Crippen molar-refractivity contribution >= 4 is 5.91 Å². The Morgan fingerprint density at radius 2 is 2.35 bits per heavy atom. The summed E-state index contributed by atoms with van der Waals surface area (Å²) in [6, 6.07) is 0.304. The van der Waals surface area contributed by atoms with E-state index >= 15 is 0 Å². The first kappa shape index (κ1) is 12.8. The number of rotatable bonds is 4. The van der Waals surface area contributed by atoms with Gasteiger partial charge in [-0.15, -0.1) is 0 Å². The quantitative estimate of drug-likeness (QED) is 0.776. The Hall–Kier alpha value is -0.610. The van der Waals surface area contributed by atoms with E-state index in [1.165, 1.54) is 0 Å². The van der Waals surface area contributed by atoms with Gasteiger partial charge in [-0.3, -0.25) is 4.79 Å². The Morgan fingerprint density at radius 1 is 1.53 bits per heavy atom. The van der Waals surface area contributed by atoms with Crippen LogP contribution in [0.2, 0.25) is 0 Å². The van der Waals surface area contributed by atoms with Crippen LogP contribution in [0.25, 0.3) is 0 Å². The molecular weight excluding hydrogens is 216 g/mol. The highest BCUT2D eigenvalue weighted by molar-refractivity contribution is 5.86. The summed E-state index contributed by atoms with van der Waals surface area (Å²) in [5.41, 5.74) is -0.300. The molecule has 3 atom stereocenters. The molecular formula is C13H24N2O2. The second-order valence-electron chi connectivity index (χ2n) is 5.31. The maximum absolute atomic E-state index is 12.3. The number of amides is 1. The van der Waals surface area contributed by atoms with Gasteiger partial charge >= 0.3 is 0 Å². The Balaban J connectivity index is 1.88. The number of methoxy groups -OCH3 is 1. The van der Waals surface area contributed by atoms with Crippen LogP contribution < -0.4 is 10.6 Å². The van der Waals surface area contributed by atoms with Crippen molar-refractivity contribution in [1.82, 2.24) is 10.6 Å². The van der Waals surface area contributed by atoms with Gasteiger partial charge in [-0.05, 0) is 45.1 Å². The Kier molecular flexibility index (Phi) is 4.05. The highest BCUT2D eigenvalue weighted by atomic mass is 16.5. The zero-order valence-corrected chi connectivity index (χ0v) is 10.9. The molecule has 1 aliphatic heterocycles. The van der Waals surface area contributed by atoms with Crippen molar-refractivity contribution in [3.05, 3.63) is 0 Å². The van der Waals surface area contributed by atoms with Gasteiger partial charge in [0.05, 0.1) is 11.6 Å². The third kappa shape index (κ3) is 2.63. The first-order valence-corrected chi connectivity index (χ1v) is 6.79. The molecule has 2 N–H and O–H groups in total. The van der Waals surface area contributed by atoms with Crippen LogP contribution in [0.1, 0.15) is 45.4 Å². The summed E-state index contributed by atoms with van der Waals surface area (Å²) in [6.45, 7) is 3.05. The Labute approximate surface area is 103 Å². The number of nitrogens with one attached hydrogen (secondary N) is 2. The van der Waals surface area contributed by atoms with Crippen LogP contribution in [-0.4, -0.2) is 37.2 Å². The SMILES string of the molecule is CCC1(C(=O)NC2CCC(OC)C2)CCCN1. The van der Waals surface area contributed by atoms with E-state index in [9.17, 15) is 4.79 Å². The minimum Gasteiger partial charge on any atom is -0.381 e. The number of hydrogen-bond acceptors (Lipinski definition) is 3. The van der Waals surface area contributed by atoms with Crippen molar-refractivity contribution in [2.24, 2.45) is 0 Å². The first-order valence-electron chi connectivity index (χ1n) is 6.79. The van der Waals surface area contributed by atoms with Gasteiger partial charge in [-0.2, -0.15) is 0 Å². The van der Waals surface area contributed by atoms with Crippen LogP contribution in [-0.2, 0) is 9.53 Å². The lowest BCUT2D eigenvalue weighted by Gasteiger charge is -2.28. The van der Waals surface area contributed by atoms with E-state index in [0.717, 1.165) is 45.1 Å². The second kappa shape index (κ2) is 5.36. The van der Waals surface area contributed by atoms with Gasteiger partial charge in [0, 0.05) is 13.2 Å². The molecule has 17 heavy (non-hydrogen) atoms. The molecule has 0 aromatic carbocycles. The van der Waals surface area contributed by atoms with Crippen LogP contribution in [0.3, 0.4) is 0 Å². The van der Waals surface area contributed by atoms with Gasteiger partial charge in [0.1, 0.15) is 0 Å². The Morgan fingerprint density at radius 3 is 2.88 bits per heavy atom. The number of carbonyl (C=O) groups is 1. The van der Waals surface area contributed by atoms with E-state index in [-0.39, 0.29) is 11.4 Å². The van der Waals surface area contributed by atoms with Crippen LogP contribution in [0.15, 0.2) is 0 Å². The van der Waals surface area contributed by atoms with Gasteiger partial charge in [0.15, 0.2) is 0 Å². The molecule has 0 spiro atoms. The molecule has 0 aromatic heterocycles. The van der Waals surface area contributed by atoms with Crippen LogP contribution >= 0.6 is 0 Å². The number of carbonyl (C=O) groups excluding carboxylic acids is 1. The fourth-order valence-electron chi connectivity index (χ4n) is 3.07. The predicted molar refractivity (Wildman–Crippen MR) is 66.8 cm³/mol. The highest BCUT2D eigenvalue weighted by Crippen LogP contribution is 2.26.